The number of aryl methyl sites for hydroxylation is 2. The molecule has 0 aliphatic carbocycles. The van der Waals surface area contributed by atoms with Crippen LogP contribution >= 0.6 is 11.3 Å². The van der Waals surface area contributed by atoms with Crippen molar-refractivity contribution in [3.63, 3.8) is 0 Å². The molecule has 0 saturated carbocycles. The van der Waals surface area contributed by atoms with E-state index in [0.29, 0.717) is 43.4 Å². The molecule has 2 aliphatic heterocycles. The van der Waals surface area contributed by atoms with Crippen LogP contribution in [0.1, 0.15) is 30.7 Å². The van der Waals surface area contributed by atoms with Crippen LogP contribution in [-0.4, -0.2) is 84.3 Å². The molecule has 0 radical (unpaired) electrons. The summed E-state index contributed by atoms with van der Waals surface area (Å²) >= 11 is 1.22. The van der Waals surface area contributed by atoms with Gasteiger partial charge in [0, 0.05) is 64.5 Å². The predicted octanol–water partition coefficient (Wildman–Crippen LogP) is 3.05. The Morgan fingerprint density at radius 1 is 1.04 bits per heavy atom. The number of piperidine rings is 2. The Morgan fingerprint density at radius 3 is 2.53 bits per heavy atom. The molecule has 246 valence electrons. The molecule has 1 N–H and O–H groups in total. The Kier molecular flexibility index (Phi) is 8.15. The second-order valence-electron chi connectivity index (χ2n) is 12.6. The molecule has 14 heteroatoms. The molecule has 2 aliphatic rings. The van der Waals surface area contributed by atoms with Gasteiger partial charge in [0.05, 0.1) is 28.1 Å². The molecular formula is C33H37N7O5S2. The van der Waals surface area contributed by atoms with Crippen molar-refractivity contribution in [3.8, 4) is 10.6 Å². The summed E-state index contributed by atoms with van der Waals surface area (Å²) in [6.45, 7) is 1.21. The fourth-order valence-corrected chi connectivity index (χ4v) is 9.96. The number of fused-ring (bicyclic) bond motifs is 1. The van der Waals surface area contributed by atoms with Crippen molar-refractivity contribution in [1.29, 1.82) is 0 Å². The van der Waals surface area contributed by atoms with Crippen LogP contribution in [0.25, 0.3) is 21.6 Å². The molecule has 0 bridgehead atoms. The molecule has 5 aromatic rings. The Morgan fingerprint density at radius 2 is 1.81 bits per heavy atom. The summed E-state index contributed by atoms with van der Waals surface area (Å²) in [5.41, 5.74) is 0.998. The highest BCUT2D eigenvalue weighted by molar-refractivity contribution is 7.91. The topological polar surface area (TPSA) is 136 Å². The van der Waals surface area contributed by atoms with Crippen molar-refractivity contribution < 1.29 is 18.3 Å². The summed E-state index contributed by atoms with van der Waals surface area (Å²) in [5.74, 6) is -0.764. The first kappa shape index (κ1) is 31.5. The van der Waals surface area contributed by atoms with Crippen molar-refractivity contribution in [2.24, 2.45) is 20.0 Å². The lowest BCUT2D eigenvalue weighted by atomic mass is 9.80. The number of aromatic nitrogens is 5. The average Bonchev–Trinajstić information content (AvgIpc) is 3.83. The minimum Gasteiger partial charge on any atom is -0.388 e. The summed E-state index contributed by atoms with van der Waals surface area (Å²) in [7, 11) is -0.143. The fourth-order valence-electron chi connectivity index (χ4n) is 6.96. The van der Waals surface area contributed by atoms with Gasteiger partial charge in [-0.3, -0.25) is 18.8 Å². The monoisotopic (exact) mass is 675 g/mol. The van der Waals surface area contributed by atoms with E-state index >= 15 is 0 Å². The first-order chi connectivity index (χ1) is 22.5. The van der Waals surface area contributed by atoms with Gasteiger partial charge in [-0.2, -0.15) is 9.40 Å². The highest BCUT2D eigenvalue weighted by Crippen LogP contribution is 2.39. The Hall–Kier alpha value is -4.11. The number of hydrogen-bond donors (Lipinski definition) is 1. The maximum Gasteiger partial charge on any atom is 0.262 e. The third kappa shape index (κ3) is 5.83. The van der Waals surface area contributed by atoms with Crippen LogP contribution < -0.4 is 5.56 Å². The summed E-state index contributed by atoms with van der Waals surface area (Å²) in [4.78, 5) is 34.2. The zero-order chi connectivity index (χ0) is 32.9. The largest absolute Gasteiger partial charge is 0.388 e. The van der Waals surface area contributed by atoms with E-state index in [1.54, 1.807) is 38.7 Å². The van der Waals surface area contributed by atoms with E-state index < -0.39 is 21.5 Å². The van der Waals surface area contributed by atoms with E-state index in [0.717, 1.165) is 16.1 Å². The quantitative estimate of drug-likeness (QED) is 0.280. The number of likely N-dealkylation sites (tertiary alicyclic amines) is 1. The molecule has 2 saturated heterocycles. The molecule has 7 rings (SSSR count). The number of sulfonamides is 1. The minimum atomic E-state index is -3.79. The highest BCUT2D eigenvalue weighted by Gasteiger charge is 2.43. The second kappa shape index (κ2) is 12.2. The van der Waals surface area contributed by atoms with E-state index in [2.05, 4.69) is 10.1 Å². The molecule has 12 nitrogen and oxygen atoms in total. The zero-order valence-corrected chi connectivity index (χ0v) is 27.9. The van der Waals surface area contributed by atoms with Gasteiger partial charge in [0.1, 0.15) is 16.2 Å². The standard InChI is InChI=1S/C33H37N7O5S2/c1-36-16-11-25-30(36)34-22-39(32(25)42)21-33(43)13-18-38(19-14-33)31(41)24-12-17-40(20-26(24)23-6-4-3-5-7-23)47(44,45)29-9-8-28(46-29)27-10-15-35-37(27)2/h3-11,15-16,22,24,26,43H,12-14,17-21H2,1-2H3/t24-,26+/m1/s1. The van der Waals surface area contributed by atoms with Crippen molar-refractivity contribution in [1.82, 2.24) is 33.1 Å². The second-order valence-corrected chi connectivity index (χ2v) is 15.9. The van der Waals surface area contributed by atoms with E-state index in [9.17, 15) is 23.1 Å². The number of rotatable bonds is 7. The number of benzene rings is 1. The van der Waals surface area contributed by atoms with Crippen molar-refractivity contribution >= 4 is 38.3 Å². The number of aliphatic hydroxyl groups is 1. The van der Waals surface area contributed by atoms with E-state index in [4.69, 9.17) is 0 Å². The summed E-state index contributed by atoms with van der Waals surface area (Å²) in [5, 5.41) is 16.2. The SMILES string of the molecule is Cn1nccc1-c1ccc(S(=O)(=O)N2CC[C@@H](C(=O)N3CCC(O)(Cn4cnc5c(ccn5C)c4=O)CC3)[C@H](c3ccccc3)C2)s1. The van der Waals surface area contributed by atoms with Crippen LogP contribution in [0.4, 0.5) is 0 Å². The fraction of sp³-hybridized carbons (Fsp3) is 0.394. The summed E-state index contributed by atoms with van der Waals surface area (Å²) in [6, 6.07) is 16.7. The van der Waals surface area contributed by atoms with E-state index in [-0.39, 0.29) is 41.2 Å². The third-order valence-electron chi connectivity index (χ3n) is 9.69. The lowest BCUT2D eigenvalue weighted by molar-refractivity contribution is -0.142. The van der Waals surface area contributed by atoms with Crippen molar-refractivity contribution in [3.05, 3.63) is 89.2 Å². The number of carbonyl (C=O) groups is 1. The molecule has 6 heterocycles. The molecular weight excluding hydrogens is 639 g/mol. The maximum atomic E-state index is 14.1. The van der Waals surface area contributed by atoms with Gasteiger partial charge in [-0.15, -0.1) is 11.3 Å². The molecule has 47 heavy (non-hydrogen) atoms. The van der Waals surface area contributed by atoms with Crippen LogP contribution in [0, 0.1) is 5.92 Å². The molecule has 2 fully saturated rings. The summed E-state index contributed by atoms with van der Waals surface area (Å²) < 4.78 is 34.5. The van der Waals surface area contributed by atoms with Crippen LogP contribution in [0.3, 0.4) is 0 Å². The van der Waals surface area contributed by atoms with Gasteiger partial charge < -0.3 is 14.6 Å². The number of nitrogens with zero attached hydrogens (tertiary/aromatic N) is 7. The van der Waals surface area contributed by atoms with Crippen LogP contribution in [0.15, 0.2) is 82.3 Å². The zero-order valence-electron chi connectivity index (χ0n) is 26.3. The molecule has 2 atom stereocenters. The number of carbonyl (C=O) groups excluding carboxylic acids is 1. The molecule has 4 aromatic heterocycles. The number of amides is 1. The first-order valence-electron chi connectivity index (χ1n) is 15.7. The highest BCUT2D eigenvalue weighted by atomic mass is 32.2. The van der Waals surface area contributed by atoms with E-state index in [1.165, 1.54) is 26.5 Å². The van der Waals surface area contributed by atoms with Gasteiger partial charge in [-0.25, -0.2) is 13.4 Å². The van der Waals surface area contributed by atoms with Crippen LogP contribution in [-0.2, 0) is 35.5 Å². The van der Waals surface area contributed by atoms with Gasteiger partial charge in [-0.1, -0.05) is 30.3 Å². The average molecular weight is 676 g/mol. The van der Waals surface area contributed by atoms with Crippen LogP contribution in [0.5, 0.6) is 0 Å². The Bertz CT molecular complexity index is 2090. The normalized spacial score (nSPS) is 20.5. The number of thiophene rings is 1. The molecule has 1 aromatic carbocycles. The predicted molar refractivity (Wildman–Crippen MR) is 178 cm³/mol. The Labute approximate surface area is 276 Å². The first-order valence-corrected chi connectivity index (χ1v) is 17.9. The van der Waals surface area contributed by atoms with E-state index in [1.807, 2.05) is 56.6 Å². The summed E-state index contributed by atoms with van der Waals surface area (Å²) in [6.07, 6.45) is 5.96. The maximum absolute atomic E-state index is 14.1. The third-order valence-corrected chi connectivity index (χ3v) is 13.1. The smallest absolute Gasteiger partial charge is 0.262 e. The van der Waals surface area contributed by atoms with Gasteiger partial charge in [-0.05, 0) is 49.1 Å². The van der Waals surface area contributed by atoms with Crippen LogP contribution in [0.2, 0.25) is 0 Å². The lowest BCUT2D eigenvalue weighted by Crippen LogP contribution is -2.53. The van der Waals surface area contributed by atoms with Gasteiger partial charge in [0.2, 0.25) is 5.91 Å². The molecule has 1 amide bonds. The van der Waals surface area contributed by atoms with Gasteiger partial charge >= 0.3 is 0 Å². The lowest BCUT2D eigenvalue weighted by Gasteiger charge is -2.43. The number of hydrogen-bond acceptors (Lipinski definition) is 8. The van der Waals surface area contributed by atoms with Gasteiger partial charge in [0.25, 0.3) is 15.6 Å². The van der Waals surface area contributed by atoms with Gasteiger partial charge in [0.15, 0.2) is 0 Å². The molecule has 0 spiro atoms. The Balaban J connectivity index is 1.06. The van der Waals surface area contributed by atoms with Crippen molar-refractivity contribution in [2.45, 2.75) is 41.5 Å². The van der Waals surface area contributed by atoms with Crippen molar-refractivity contribution in [2.75, 3.05) is 26.2 Å². The minimum absolute atomic E-state index is 0.0305. The molecule has 0 unspecified atom stereocenters.